The van der Waals surface area contributed by atoms with Crippen LogP contribution in [0.2, 0.25) is 0 Å². The third-order valence-corrected chi connectivity index (χ3v) is 3.12. The minimum absolute atomic E-state index is 0.635. The molecule has 5 heteroatoms. The van der Waals surface area contributed by atoms with Gasteiger partial charge in [-0.2, -0.15) is 0 Å². The Hall–Kier alpha value is -0.810. The van der Waals surface area contributed by atoms with Crippen molar-refractivity contribution in [2.24, 2.45) is 0 Å². The molecule has 0 amide bonds. The zero-order valence-corrected chi connectivity index (χ0v) is 10.7. The first-order valence-electron chi connectivity index (χ1n) is 4.39. The highest BCUT2D eigenvalue weighted by molar-refractivity contribution is 9.10. The molecule has 15 heavy (non-hydrogen) atoms. The number of aryl methyl sites for hydroxylation is 2. The highest BCUT2D eigenvalue weighted by Gasteiger charge is 2.08. The molecule has 78 valence electrons. The van der Waals surface area contributed by atoms with E-state index in [0.717, 1.165) is 21.1 Å². The van der Waals surface area contributed by atoms with Crippen LogP contribution in [0.3, 0.4) is 0 Å². The van der Waals surface area contributed by atoms with Crippen LogP contribution in [-0.2, 0) is 0 Å². The van der Waals surface area contributed by atoms with Crippen LogP contribution in [0, 0.1) is 13.8 Å². The Labute approximate surface area is 100 Å². The summed E-state index contributed by atoms with van der Waals surface area (Å²) >= 11 is 4.74. The van der Waals surface area contributed by atoms with Gasteiger partial charge in [0.25, 0.3) is 5.22 Å². The molecule has 0 radical (unpaired) electrons. The normalized spacial score (nSPS) is 10.6. The molecular weight excluding hydrogens is 276 g/mol. The van der Waals surface area contributed by atoms with Crippen molar-refractivity contribution in [1.82, 2.24) is 9.97 Å². The van der Waals surface area contributed by atoms with Gasteiger partial charge < -0.3 is 4.42 Å². The van der Waals surface area contributed by atoms with Gasteiger partial charge in [-0.15, -0.1) is 0 Å². The maximum atomic E-state index is 5.45. The number of hydrogen-bond acceptors (Lipinski definition) is 4. The summed E-state index contributed by atoms with van der Waals surface area (Å²) in [6.07, 6.45) is 0. The van der Waals surface area contributed by atoms with Gasteiger partial charge in [0.1, 0.15) is 15.4 Å². The lowest BCUT2D eigenvalue weighted by Gasteiger charge is -1.95. The second kappa shape index (κ2) is 4.37. The second-order valence-corrected chi connectivity index (χ2v) is 4.81. The fourth-order valence-corrected chi connectivity index (χ4v) is 2.30. The average Bonchev–Trinajstić information content (AvgIpc) is 2.45. The molecular formula is C10H9BrN2OS. The number of hydrogen-bond donors (Lipinski definition) is 0. The summed E-state index contributed by atoms with van der Waals surface area (Å²) in [4.78, 5) is 8.56. The molecule has 2 aromatic heterocycles. The molecule has 2 aromatic rings. The van der Waals surface area contributed by atoms with Crippen LogP contribution in [0.25, 0.3) is 0 Å². The minimum Gasteiger partial charge on any atom is -0.436 e. The van der Waals surface area contributed by atoms with Gasteiger partial charge in [-0.05, 0) is 53.7 Å². The molecule has 0 fully saturated rings. The Balaban J connectivity index is 2.22. The van der Waals surface area contributed by atoms with Crippen molar-refractivity contribution in [2.45, 2.75) is 24.1 Å². The van der Waals surface area contributed by atoms with E-state index in [1.54, 1.807) is 0 Å². The smallest absolute Gasteiger partial charge is 0.262 e. The van der Waals surface area contributed by atoms with E-state index in [4.69, 9.17) is 4.42 Å². The second-order valence-electron chi connectivity index (χ2n) is 3.02. The van der Waals surface area contributed by atoms with Crippen LogP contribution in [0.15, 0.2) is 37.5 Å². The quantitative estimate of drug-likeness (QED) is 0.790. The molecule has 0 aliphatic heterocycles. The van der Waals surface area contributed by atoms with Crippen molar-refractivity contribution in [3.05, 3.63) is 34.3 Å². The number of nitrogens with zero attached hydrogens (tertiary/aromatic N) is 2. The van der Waals surface area contributed by atoms with Crippen LogP contribution >= 0.6 is 27.7 Å². The Kier molecular flexibility index (Phi) is 3.11. The Morgan fingerprint density at radius 1 is 1.27 bits per heavy atom. The lowest BCUT2D eigenvalue weighted by Crippen LogP contribution is -1.80. The van der Waals surface area contributed by atoms with Crippen LogP contribution in [0.5, 0.6) is 0 Å². The summed E-state index contributed by atoms with van der Waals surface area (Å²) in [6, 6.07) is 5.74. The molecule has 2 heterocycles. The summed E-state index contributed by atoms with van der Waals surface area (Å²) < 4.78 is 6.27. The summed E-state index contributed by atoms with van der Waals surface area (Å²) in [5, 5.41) is 1.50. The average molecular weight is 285 g/mol. The van der Waals surface area contributed by atoms with E-state index in [0.29, 0.717) is 5.22 Å². The highest BCUT2D eigenvalue weighted by Crippen LogP contribution is 2.27. The van der Waals surface area contributed by atoms with E-state index in [1.807, 2.05) is 32.0 Å². The Morgan fingerprint density at radius 3 is 2.67 bits per heavy atom. The van der Waals surface area contributed by atoms with Crippen molar-refractivity contribution in [3.63, 3.8) is 0 Å². The number of aromatic nitrogens is 2. The zero-order valence-electron chi connectivity index (χ0n) is 8.32. The number of pyridine rings is 1. The zero-order chi connectivity index (χ0) is 10.8. The van der Waals surface area contributed by atoms with Crippen LogP contribution in [0.4, 0.5) is 0 Å². The monoisotopic (exact) mass is 284 g/mol. The molecule has 0 N–H and O–H groups in total. The predicted octanol–water partition coefficient (Wildman–Crippen LogP) is 3.60. The van der Waals surface area contributed by atoms with Crippen molar-refractivity contribution >= 4 is 27.7 Å². The van der Waals surface area contributed by atoms with E-state index in [1.165, 1.54) is 11.8 Å². The minimum atomic E-state index is 0.635. The van der Waals surface area contributed by atoms with Gasteiger partial charge in [0.05, 0.1) is 5.69 Å². The predicted molar refractivity (Wildman–Crippen MR) is 62.0 cm³/mol. The van der Waals surface area contributed by atoms with E-state index in [9.17, 15) is 0 Å². The summed E-state index contributed by atoms with van der Waals surface area (Å²) in [6.45, 7) is 3.83. The first-order chi connectivity index (χ1) is 7.15. The van der Waals surface area contributed by atoms with Gasteiger partial charge >= 0.3 is 0 Å². The SMILES string of the molecule is Cc1nc(Sc2cccc(Br)n2)oc1C. The van der Waals surface area contributed by atoms with Gasteiger partial charge in [0.2, 0.25) is 0 Å². The molecule has 0 spiro atoms. The topological polar surface area (TPSA) is 38.9 Å². The largest absolute Gasteiger partial charge is 0.436 e. The van der Waals surface area contributed by atoms with Crippen molar-refractivity contribution < 1.29 is 4.42 Å². The molecule has 0 saturated heterocycles. The summed E-state index contributed by atoms with van der Waals surface area (Å²) in [5.74, 6) is 0.854. The number of oxazole rings is 1. The van der Waals surface area contributed by atoms with Crippen molar-refractivity contribution in [1.29, 1.82) is 0 Å². The third kappa shape index (κ3) is 2.60. The van der Waals surface area contributed by atoms with E-state index >= 15 is 0 Å². The molecule has 0 bridgehead atoms. The number of halogens is 1. The lowest BCUT2D eigenvalue weighted by atomic mass is 10.4. The molecule has 0 atom stereocenters. The first-order valence-corrected chi connectivity index (χ1v) is 6.00. The Morgan fingerprint density at radius 2 is 2.07 bits per heavy atom. The standard InChI is InChI=1S/C10H9BrN2OS/c1-6-7(2)14-10(12-6)15-9-5-3-4-8(11)13-9/h3-5H,1-2H3. The summed E-state index contributed by atoms with van der Waals surface area (Å²) in [5.41, 5.74) is 0.924. The highest BCUT2D eigenvalue weighted by atomic mass is 79.9. The molecule has 2 rings (SSSR count). The van der Waals surface area contributed by atoms with E-state index in [-0.39, 0.29) is 0 Å². The van der Waals surface area contributed by atoms with Gasteiger partial charge in [0.15, 0.2) is 0 Å². The molecule has 0 aliphatic rings. The number of rotatable bonds is 2. The van der Waals surface area contributed by atoms with E-state index < -0.39 is 0 Å². The fraction of sp³-hybridized carbons (Fsp3) is 0.200. The molecule has 0 unspecified atom stereocenters. The third-order valence-electron chi connectivity index (χ3n) is 1.89. The lowest BCUT2D eigenvalue weighted by molar-refractivity contribution is 0.431. The van der Waals surface area contributed by atoms with Crippen LogP contribution < -0.4 is 0 Å². The Bertz CT molecular complexity index is 465. The molecule has 3 nitrogen and oxygen atoms in total. The van der Waals surface area contributed by atoms with Crippen molar-refractivity contribution in [3.8, 4) is 0 Å². The fourth-order valence-electron chi connectivity index (χ4n) is 1.02. The first kappa shape index (κ1) is 10.7. The molecule has 0 aliphatic carbocycles. The van der Waals surface area contributed by atoms with Crippen LogP contribution in [-0.4, -0.2) is 9.97 Å². The van der Waals surface area contributed by atoms with Gasteiger partial charge in [0, 0.05) is 0 Å². The van der Waals surface area contributed by atoms with Gasteiger partial charge in [-0.25, -0.2) is 9.97 Å². The van der Waals surface area contributed by atoms with Gasteiger partial charge in [-0.1, -0.05) is 6.07 Å². The molecule has 0 saturated carbocycles. The van der Waals surface area contributed by atoms with Gasteiger partial charge in [-0.3, -0.25) is 0 Å². The maximum Gasteiger partial charge on any atom is 0.262 e. The van der Waals surface area contributed by atoms with Crippen molar-refractivity contribution in [2.75, 3.05) is 0 Å². The maximum absolute atomic E-state index is 5.45. The summed E-state index contributed by atoms with van der Waals surface area (Å²) in [7, 11) is 0. The molecule has 0 aromatic carbocycles. The van der Waals surface area contributed by atoms with Crippen LogP contribution in [0.1, 0.15) is 11.5 Å². The van der Waals surface area contributed by atoms with E-state index in [2.05, 4.69) is 25.9 Å².